The second-order valence-corrected chi connectivity index (χ2v) is 4.85. The van der Waals surface area contributed by atoms with Crippen LogP contribution in [0.3, 0.4) is 0 Å². The monoisotopic (exact) mass is 203 g/mol. The summed E-state index contributed by atoms with van der Waals surface area (Å²) in [6.07, 6.45) is 3.88. The lowest BCUT2D eigenvalue weighted by Gasteiger charge is -2.16. The third-order valence-electron chi connectivity index (χ3n) is 3.31. The number of rotatable bonds is 3. The minimum Gasteiger partial charge on any atom is -0.314 e. The fourth-order valence-corrected chi connectivity index (χ4v) is 2.48. The van der Waals surface area contributed by atoms with Crippen LogP contribution >= 0.6 is 0 Å². The molecular weight excluding hydrogens is 182 g/mol. The van der Waals surface area contributed by atoms with Crippen molar-refractivity contribution in [3.63, 3.8) is 0 Å². The third-order valence-corrected chi connectivity index (χ3v) is 3.31. The van der Waals surface area contributed by atoms with Crippen molar-refractivity contribution in [2.45, 2.75) is 45.1 Å². The van der Waals surface area contributed by atoms with Crippen LogP contribution in [-0.4, -0.2) is 12.6 Å². The molecule has 1 aromatic carbocycles. The first-order valence-corrected chi connectivity index (χ1v) is 6.08. The molecular formula is C14H21N. The van der Waals surface area contributed by atoms with E-state index in [1.54, 1.807) is 0 Å². The molecule has 15 heavy (non-hydrogen) atoms. The van der Waals surface area contributed by atoms with E-state index in [9.17, 15) is 0 Å². The van der Waals surface area contributed by atoms with Gasteiger partial charge in [-0.15, -0.1) is 0 Å². The minimum atomic E-state index is 0.641. The van der Waals surface area contributed by atoms with E-state index >= 15 is 0 Å². The first-order chi connectivity index (χ1) is 7.27. The Morgan fingerprint density at radius 3 is 2.80 bits per heavy atom. The Labute approximate surface area is 92.9 Å². The molecule has 1 fully saturated rings. The van der Waals surface area contributed by atoms with Gasteiger partial charge in [0.2, 0.25) is 0 Å². The second-order valence-electron chi connectivity index (χ2n) is 4.85. The molecule has 1 aromatic rings. The molecule has 1 aliphatic heterocycles. The molecule has 0 bridgehead atoms. The minimum absolute atomic E-state index is 0.641. The maximum atomic E-state index is 3.57. The van der Waals surface area contributed by atoms with Gasteiger partial charge in [0.1, 0.15) is 0 Å². The topological polar surface area (TPSA) is 12.0 Å². The lowest BCUT2D eigenvalue weighted by atomic mass is 9.93. The second kappa shape index (κ2) is 4.80. The van der Waals surface area contributed by atoms with E-state index in [-0.39, 0.29) is 0 Å². The van der Waals surface area contributed by atoms with Crippen molar-refractivity contribution >= 4 is 0 Å². The van der Waals surface area contributed by atoms with Crippen LogP contribution in [-0.2, 0) is 6.42 Å². The summed E-state index contributed by atoms with van der Waals surface area (Å²) in [5.41, 5.74) is 3.05. The fourth-order valence-electron chi connectivity index (χ4n) is 2.48. The number of hydrogen-bond acceptors (Lipinski definition) is 1. The van der Waals surface area contributed by atoms with E-state index in [2.05, 4.69) is 43.4 Å². The molecule has 1 heteroatoms. The maximum absolute atomic E-state index is 3.57. The van der Waals surface area contributed by atoms with Crippen molar-refractivity contribution in [2.75, 3.05) is 6.54 Å². The summed E-state index contributed by atoms with van der Waals surface area (Å²) in [6.45, 7) is 5.76. The molecule has 1 nitrogen and oxygen atoms in total. The summed E-state index contributed by atoms with van der Waals surface area (Å²) >= 11 is 0. The molecule has 1 unspecified atom stereocenters. The number of nitrogens with one attached hydrogen (secondary N) is 1. The lowest BCUT2D eigenvalue weighted by Crippen LogP contribution is -2.24. The highest BCUT2D eigenvalue weighted by Crippen LogP contribution is 2.22. The summed E-state index contributed by atoms with van der Waals surface area (Å²) in [5, 5.41) is 3.57. The Balaban J connectivity index is 2.12. The molecule has 1 aliphatic rings. The molecule has 0 saturated carbocycles. The van der Waals surface area contributed by atoms with Gasteiger partial charge < -0.3 is 5.32 Å². The standard InChI is InChI=1S/C14H21N/c1-11(2)14-8-4-3-6-12(14)10-13-7-5-9-15-13/h3-4,6,8,11,13,15H,5,7,9-10H2,1-2H3. The van der Waals surface area contributed by atoms with Crippen molar-refractivity contribution in [1.29, 1.82) is 0 Å². The van der Waals surface area contributed by atoms with Crippen molar-refractivity contribution in [1.82, 2.24) is 5.32 Å². The molecule has 1 atom stereocenters. The highest BCUT2D eigenvalue weighted by molar-refractivity contribution is 5.30. The van der Waals surface area contributed by atoms with E-state index in [4.69, 9.17) is 0 Å². The van der Waals surface area contributed by atoms with Crippen LogP contribution in [0.4, 0.5) is 0 Å². The van der Waals surface area contributed by atoms with E-state index in [1.165, 1.54) is 36.9 Å². The smallest absolute Gasteiger partial charge is 0.0108 e. The molecule has 0 aromatic heterocycles. The molecule has 2 rings (SSSR count). The van der Waals surface area contributed by atoms with Crippen molar-refractivity contribution in [3.8, 4) is 0 Å². The summed E-state index contributed by atoms with van der Waals surface area (Å²) in [7, 11) is 0. The number of hydrogen-bond donors (Lipinski definition) is 1. The summed E-state index contributed by atoms with van der Waals surface area (Å²) in [6, 6.07) is 9.59. The van der Waals surface area contributed by atoms with Gasteiger partial charge in [0.15, 0.2) is 0 Å². The Hall–Kier alpha value is -0.820. The molecule has 0 amide bonds. The van der Waals surface area contributed by atoms with Crippen LogP contribution in [0, 0.1) is 0 Å². The van der Waals surface area contributed by atoms with Crippen LogP contribution in [0.25, 0.3) is 0 Å². The Morgan fingerprint density at radius 2 is 2.13 bits per heavy atom. The fraction of sp³-hybridized carbons (Fsp3) is 0.571. The summed E-state index contributed by atoms with van der Waals surface area (Å²) in [5.74, 6) is 0.641. The molecule has 82 valence electrons. The summed E-state index contributed by atoms with van der Waals surface area (Å²) < 4.78 is 0. The zero-order valence-corrected chi connectivity index (χ0v) is 9.79. The van der Waals surface area contributed by atoms with E-state index in [0.29, 0.717) is 12.0 Å². The molecule has 0 aliphatic carbocycles. The van der Waals surface area contributed by atoms with Gasteiger partial charge in [-0.1, -0.05) is 38.1 Å². The van der Waals surface area contributed by atoms with Crippen LogP contribution < -0.4 is 5.32 Å². The first kappa shape index (κ1) is 10.7. The zero-order valence-electron chi connectivity index (χ0n) is 9.79. The van der Waals surface area contributed by atoms with Crippen molar-refractivity contribution < 1.29 is 0 Å². The van der Waals surface area contributed by atoms with Gasteiger partial charge in [0.25, 0.3) is 0 Å². The SMILES string of the molecule is CC(C)c1ccccc1CC1CCCN1. The third kappa shape index (κ3) is 2.60. The van der Waals surface area contributed by atoms with Crippen LogP contribution in [0.2, 0.25) is 0 Å². The maximum Gasteiger partial charge on any atom is 0.0108 e. The van der Waals surface area contributed by atoms with E-state index < -0.39 is 0 Å². The van der Waals surface area contributed by atoms with Gasteiger partial charge in [-0.05, 0) is 42.9 Å². The summed E-state index contributed by atoms with van der Waals surface area (Å²) in [4.78, 5) is 0. The Bertz CT molecular complexity index is 311. The predicted octanol–water partition coefficient (Wildman–Crippen LogP) is 3.10. The van der Waals surface area contributed by atoms with E-state index in [1.807, 2.05) is 0 Å². The number of benzene rings is 1. The van der Waals surface area contributed by atoms with Crippen molar-refractivity contribution in [2.24, 2.45) is 0 Å². The van der Waals surface area contributed by atoms with Gasteiger partial charge in [0.05, 0.1) is 0 Å². The molecule has 1 N–H and O–H groups in total. The largest absolute Gasteiger partial charge is 0.314 e. The normalized spacial score (nSPS) is 21.1. The average molecular weight is 203 g/mol. The van der Waals surface area contributed by atoms with Crippen LogP contribution in [0.1, 0.15) is 43.7 Å². The van der Waals surface area contributed by atoms with Gasteiger partial charge in [-0.25, -0.2) is 0 Å². The van der Waals surface area contributed by atoms with Crippen LogP contribution in [0.15, 0.2) is 24.3 Å². The molecule has 1 saturated heterocycles. The quantitative estimate of drug-likeness (QED) is 0.796. The van der Waals surface area contributed by atoms with Gasteiger partial charge in [0, 0.05) is 6.04 Å². The van der Waals surface area contributed by atoms with Crippen molar-refractivity contribution in [3.05, 3.63) is 35.4 Å². The molecule has 0 spiro atoms. The molecule has 1 heterocycles. The first-order valence-electron chi connectivity index (χ1n) is 6.08. The Morgan fingerprint density at radius 1 is 1.33 bits per heavy atom. The molecule has 0 radical (unpaired) electrons. The highest BCUT2D eigenvalue weighted by atomic mass is 14.9. The Kier molecular flexibility index (Phi) is 3.42. The van der Waals surface area contributed by atoms with Crippen LogP contribution in [0.5, 0.6) is 0 Å². The zero-order chi connectivity index (χ0) is 10.7. The van der Waals surface area contributed by atoms with Gasteiger partial charge >= 0.3 is 0 Å². The van der Waals surface area contributed by atoms with Gasteiger partial charge in [-0.2, -0.15) is 0 Å². The van der Waals surface area contributed by atoms with Gasteiger partial charge in [-0.3, -0.25) is 0 Å². The highest BCUT2D eigenvalue weighted by Gasteiger charge is 2.16. The predicted molar refractivity (Wildman–Crippen MR) is 65.3 cm³/mol. The van der Waals surface area contributed by atoms with E-state index in [0.717, 1.165) is 0 Å². The lowest BCUT2D eigenvalue weighted by molar-refractivity contribution is 0.598. The average Bonchev–Trinajstić information content (AvgIpc) is 2.71.